The van der Waals surface area contributed by atoms with E-state index in [2.05, 4.69) is 33.8 Å². The second-order valence-electron chi connectivity index (χ2n) is 4.93. The minimum atomic E-state index is 0.759. The highest BCUT2D eigenvalue weighted by molar-refractivity contribution is 5.69. The molecule has 1 aliphatic rings. The summed E-state index contributed by atoms with van der Waals surface area (Å²) in [5.74, 6) is 1.82. The van der Waals surface area contributed by atoms with Crippen LogP contribution in [0, 0.1) is 0 Å². The van der Waals surface area contributed by atoms with Gasteiger partial charge in [-0.3, -0.25) is 0 Å². The van der Waals surface area contributed by atoms with Crippen molar-refractivity contribution in [2.75, 3.05) is 24.3 Å². The Kier molecular flexibility index (Phi) is 3.72. The molecule has 1 aliphatic heterocycles. The van der Waals surface area contributed by atoms with Crippen LogP contribution in [0.4, 0.5) is 11.5 Å². The summed E-state index contributed by atoms with van der Waals surface area (Å²) in [6.07, 6.45) is 4.19. The zero-order chi connectivity index (χ0) is 13.8. The molecule has 1 aromatic carbocycles. The largest absolute Gasteiger partial charge is 0.497 e. The predicted octanol–water partition coefficient (Wildman–Crippen LogP) is 3.06. The second kappa shape index (κ2) is 5.82. The van der Waals surface area contributed by atoms with E-state index in [9.17, 15) is 0 Å². The Hall–Kier alpha value is -2.23. The molecule has 0 fully saturated rings. The Morgan fingerprint density at radius 2 is 2.10 bits per heavy atom. The molecule has 0 aliphatic carbocycles. The quantitative estimate of drug-likeness (QED) is 0.895. The molecular weight excluding hydrogens is 250 g/mol. The maximum atomic E-state index is 5.16. The van der Waals surface area contributed by atoms with Crippen LogP contribution < -0.4 is 15.4 Å². The van der Waals surface area contributed by atoms with Gasteiger partial charge in [0.1, 0.15) is 11.6 Å². The molecule has 0 bridgehead atoms. The molecule has 2 N–H and O–H groups in total. The Morgan fingerprint density at radius 1 is 1.25 bits per heavy atom. The van der Waals surface area contributed by atoms with Crippen molar-refractivity contribution in [2.24, 2.45) is 0 Å². The predicted molar refractivity (Wildman–Crippen MR) is 81.4 cm³/mol. The van der Waals surface area contributed by atoms with E-state index in [0.717, 1.165) is 36.8 Å². The Labute approximate surface area is 119 Å². The average molecular weight is 269 g/mol. The van der Waals surface area contributed by atoms with Crippen LogP contribution in [0.3, 0.4) is 0 Å². The van der Waals surface area contributed by atoms with E-state index in [-0.39, 0.29) is 0 Å². The summed E-state index contributed by atoms with van der Waals surface area (Å²) in [5.41, 5.74) is 3.72. The Balaban J connectivity index is 1.71. The number of methoxy groups -OCH3 is 1. The molecule has 0 spiro atoms. The molecule has 2 heterocycles. The van der Waals surface area contributed by atoms with Crippen molar-refractivity contribution in [1.29, 1.82) is 0 Å². The van der Waals surface area contributed by atoms with E-state index in [1.165, 1.54) is 17.5 Å². The van der Waals surface area contributed by atoms with Gasteiger partial charge in [0.05, 0.1) is 12.8 Å². The summed E-state index contributed by atoms with van der Waals surface area (Å²) in [4.78, 5) is 4.44. The molecule has 0 unspecified atom stereocenters. The SMILES string of the molecule is COc1ccc(CNc2nccc3c2NCCC3)cc1. The van der Waals surface area contributed by atoms with Gasteiger partial charge in [-0.05, 0) is 42.2 Å². The van der Waals surface area contributed by atoms with Gasteiger partial charge in [-0.1, -0.05) is 12.1 Å². The molecule has 0 radical (unpaired) electrons. The van der Waals surface area contributed by atoms with Gasteiger partial charge in [-0.15, -0.1) is 0 Å². The van der Waals surface area contributed by atoms with E-state index in [4.69, 9.17) is 4.74 Å². The molecule has 3 rings (SSSR count). The zero-order valence-corrected chi connectivity index (χ0v) is 11.6. The summed E-state index contributed by atoms with van der Waals surface area (Å²) in [6, 6.07) is 10.2. The normalized spacial score (nSPS) is 13.2. The van der Waals surface area contributed by atoms with Crippen LogP contribution in [0.5, 0.6) is 5.75 Å². The fraction of sp³-hybridized carbons (Fsp3) is 0.312. The van der Waals surface area contributed by atoms with Gasteiger partial charge in [0.25, 0.3) is 0 Å². The molecule has 20 heavy (non-hydrogen) atoms. The van der Waals surface area contributed by atoms with Crippen LogP contribution in [0.2, 0.25) is 0 Å². The van der Waals surface area contributed by atoms with Crippen molar-refractivity contribution < 1.29 is 4.74 Å². The van der Waals surface area contributed by atoms with Gasteiger partial charge < -0.3 is 15.4 Å². The summed E-state index contributed by atoms with van der Waals surface area (Å²) in [6.45, 7) is 1.78. The van der Waals surface area contributed by atoms with Crippen LogP contribution >= 0.6 is 0 Å². The average Bonchev–Trinajstić information content (AvgIpc) is 2.53. The number of fused-ring (bicyclic) bond motifs is 1. The number of ether oxygens (including phenoxy) is 1. The van der Waals surface area contributed by atoms with Crippen molar-refractivity contribution in [1.82, 2.24) is 4.98 Å². The standard InChI is InChI=1S/C16H19N3O/c1-20-14-6-4-12(5-7-14)11-19-16-15-13(8-10-18-16)3-2-9-17-15/h4-8,10,17H,2-3,9,11H2,1H3,(H,18,19). The maximum Gasteiger partial charge on any atom is 0.149 e. The number of benzene rings is 1. The number of pyridine rings is 1. The van der Waals surface area contributed by atoms with Crippen LogP contribution in [0.1, 0.15) is 17.5 Å². The number of hydrogen-bond acceptors (Lipinski definition) is 4. The first-order valence-electron chi connectivity index (χ1n) is 6.95. The highest BCUT2D eigenvalue weighted by Gasteiger charge is 2.12. The number of aromatic nitrogens is 1. The van der Waals surface area contributed by atoms with E-state index in [1.54, 1.807) is 7.11 Å². The molecule has 2 aromatic rings. The van der Waals surface area contributed by atoms with Gasteiger partial charge in [-0.2, -0.15) is 0 Å². The minimum absolute atomic E-state index is 0.759. The smallest absolute Gasteiger partial charge is 0.149 e. The third kappa shape index (κ3) is 2.69. The van der Waals surface area contributed by atoms with E-state index < -0.39 is 0 Å². The monoisotopic (exact) mass is 269 g/mol. The third-order valence-corrected chi connectivity index (χ3v) is 3.58. The molecular formula is C16H19N3O. The number of aryl methyl sites for hydroxylation is 1. The zero-order valence-electron chi connectivity index (χ0n) is 11.6. The number of nitrogens with one attached hydrogen (secondary N) is 2. The number of hydrogen-bond donors (Lipinski definition) is 2. The first kappa shape index (κ1) is 12.8. The number of rotatable bonds is 4. The van der Waals surface area contributed by atoms with Gasteiger partial charge in [-0.25, -0.2) is 4.98 Å². The molecule has 104 valence electrons. The maximum absolute atomic E-state index is 5.16. The van der Waals surface area contributed by atoms with E-state index in [1.807, 2.05) is 18.3 Å². The fourth-order valence-electron chi connectivity index (χ4n) is 2.46. The Bertz CT molecular complexity index is 581. The molecule has 4 nitrogen and oxygen atoms in total. The topological polar surface area (TPSA) is 46.2 Å². The Morgan fingerprint density at radius 3 is 2.90 bits per heavy atom. The van der Waals surface area contributed by atoms with Crippen LogP contribution in [0.25, 0.3) is 0 Å². The molecule has 0 amide bonds. The lowest BCUT2D eigenvalue weighted by molar-refractivity contribution is 0.414. The van der Waals surface area contributed by atoms with Crippen molar-refractivity contribution in [2.45, 2.75) is 19.4 Å². The molecule has 0 atom stereocenters. The van der Waals surface area contributed by atoms with Gasteiger partial charge in [0.2, 0.25) is 0 Å². The lowest BCUT2D eigenvalue weighted by atomic mass is 10.1. The van der Waals surface area contributed by atoms with Crippen molar-refractivity contribution in [3.05, 3.63) is 47.7 Å². The van der Waals surface area contributed by atoms with Gasteiger partial charge in [0.15, 0.2) is 0 Å². The first-order chi connectivity index (χ1) is 9.86. The fourth-order valence-corrected chi connectivity index (χ4v) is 2.46. The second-order valence-corrected chi connectivity index (χ2v) is 4.93. The summed E-state index contributed by atoms with van der Waals surface area (Å²) < 4.78 is 5.16. The van der Waals surface area contributed by atoms with E-state index in [0.29, 0.717) is 0 Å². The minimum Gasteiger partial charge on any atom is -0.497 e. The van der Waals surface area contributed by atoms with Gasteiger partial charge >= 0.3 is 0 Å². The third-order valence-electron chi connectivity index (χ3n) is 3.58. The molecule has 0 saturated carbocycles. The highest BCUT2D eigenvalue weighted by atomic mass is 16.5. The van der Waals surface area contributed by atoms with Crippen LogP contribution in [-0.4, -0.2) is 18.6 Å². The van der Waals surface area contributed by atoms with Crippen molar-refractivity contribution in [3.8, 4) is 5.75 Å². The lowest BCUT2D eigenvalue weighted by Crippen LogP contribution is -2.15. The van der Waals surface area contributed by atoms with Gasteiger partial charge in [0, 0.05) is 19.3 Å². The van der Waals surface area contributed by atoms with Crippen LogP contribution in [0.15, 0.2) is 36.5 Å². The first-order valence-corrected chi connectivity index (χ1v) is 6.95. The molecule has 1 aromatic heterocycles. The molecule has 0 saturated heterocycles. The molecule has 4 heteroatoms. The van der Waals surface area contributed by atoms with Crippen molar-refractivity contribution >= 4 is 11.5 Å². The number of anilines is 2. The van der Waals surface area contributed by atoms with E-state index >= 15 is 0 Å². The van der Waals surface area contributed by atoms with Crippen LogP contribution in [-0.2, 0) is 13.0 Å². The summed E-state index contributed by atoms with van der Waals surface area (Å²) >= 11 is 0. The summed E-state index contributed by atoms with van der Waals surface area (Å²) in [5, 5.41) is 6.85. The highest BCUT2D eigenvalue weighted by Crippen LogP contribution is 2.28. The summed E-state index contributed by atoms with van der Waals surface area (Å²) in [7, 11) is 1.68. The van der Waals surface area contributed by atoms with Crippen molar-refractivity contribution in [3.63, 3.8) is 0 Å². The number of nitrogens with zero attached hydrogens (tertiary/aromatic N) is 1. The lowest BCUT2D eigenvalue weighted by Gasteiger charge is -2.20.